The van der Waals surface area contributed by atoms with Gasteiger partial charge >= 0.3 is 6.18 Å². The van der Waals surface area contributed by atoms with Gasteiger partial charge in [-0.3, -0.25) is 0 Å². The summed E-state index contributed by atoms with van der Waals surface area (Å²) in [7, 11) is 0. The van der Waals surface area contributed by atoms with Gasteiger partial charge in [0.1, 0.15) is 5.82 Å². The zero-order chi connectivity index (χ0) is 23.0. The molecule has 0 bridgehead atoms. The predicted octanol–water partition coefficient (Wildman–Crippen LogP) is 7.55. The first kappa shape index (κ1) is 22.0. The van der Waals surface area contributed by atoms with E-state index < -0.39 is 11.7 Å². The topological polar surface area (TPSA) is 30.7 Å². The summed E-state index contributed by atoms with van der Waals surface area (Å²) in [6.45, 7) is 5.71. The molecule has 0 aliphatic heterocycles. The van der Waals surface area contributed by atoms with Crippen LogP contribution in [0.4, 0.5) is 17.6 Å². The lowest BCUT2D eigenvalue weighted by atomic mass is 10.1. The van der Waals surface area contributed by atoms with Gasteiger partial charge in [0.05, 0.1) is 21.8 Å². The molecule has 2 aromatic carbocycles. The summed E-state index contributed by atoms with van der Waals surface area (Å²) >= 11 is 1.38. The molecule has 0 aliphatic carbocycles. The molecule has 0 unspecified atom stereocenters. The number of allylic oxidation sites excluding steroid dienone is 1. The fourth-order valence-corrected chi connectivity index (χ4v) is 4.38. The molecule has 2 aromatic heterocycles. The molecule has 0 atom stereocenters. The van der Waals surface area contributed by atoms with Crippen molar-refractivity contribution in [2.24, 2.45) is 0 Å². The van der Waals surface area contributed by atoms with Gasteiger partial charge in [-0.25, -0.2) is 14.1 Å². The van der Waals surface area contributed by atoms with Crippen molar-refractivity contribution in [3.63, 3.8) is 0 Å². The molecule has 0 spiro atoms. The Kier molecular flexibility index (Phi) is 5.73. The number of halogens is 4. The minimum absolute atomic E-state index is 0.334. The second-order valence-corrected chi connectivity index (χ2v) is 8.60. The van der Waals surface area contributed by atoms with Gasteiger partial charge in [0.15, 0.2) is 0 Å². The van der Waals surface area contributed by atoms with Gasteiger partial charge in [0.2, 0.25) is 5.13 Å². The molecule has 2 heterocycles. The van der Waals surface area contributed by atoms with E-state index in [0.29, 0.717) is 27.6 Å². The Morgan fingerprint density at radius 2 is 1.75 bits per heavy atom. The van der Waals surface area contributed by atoms with Crippen LogP contribution >= 0.6 is 11.3 Å². The van der Waals surface area contributed by atoms with Crippen molar-refractivity contribution < 1.29 is 17.6 Å². The summed E-state index contributed by atoms with van der Waals surface area (Å²) in [4.78, 5) is 5.50. The first-order chi connectivity index (χ1) is 15.1. The van der Waals surface area contributed by atoms with Crippen molar-refractivity contribution >= 4 is 17.4 Å². The highest BCUT2D eigenvalue weighted by Crippen LogP contribution is 2.35. The van der Waals surface area contributed by atoms with E-state index in [1.807, 2.05) is 32.9 Å². The van der Waals surface area contributed by atoms with Gasteiger partial charge in [-0.2, -0.15) is 18.3 Å². The lowest BCUT2D eigenvalue weighted by Gasteiger charge is -2.07. The van der Waals surface area contributed by atoms with Gasteiger partial charge in [-0.05, 0) is 56.7 Å². The van der Waals surface area contributed by atoms with E-state index in [0.717, 1.165) is 28.1 Å². The molecule has 4 aromatic rings. The maximum atomic E-state index is 13.7. The number of aryl methyl sites for hydroxylation is 1. The van der Waals surface area contributed by atoms with Crippen LogP contribution in [0.2, 0.25) is 0 Å². The van der Waals surface area contributed by atoms with Crippen LogP contribution in [0.15, 0.2) is 60.3 Å². The lowest BCUT2D eigenvalue weighted by molar-refractivity contribution is -0.137. The molecule has 4 rings (SSSR count). The van der Waals surface area contributed by atoms with E-state index in [1.54, 1.807) is 16.9 Å². The van der Waals surface area contributed by atoms with E-state index in [4.69, 9.17) is 0 Å². The average molecular weight is 457 g/mol. The summed E-state index contributed by atoms with van der Waals surface area (Å²) in [6, 6.07) is 11.2. The Bertz CT molecular complexity index is 1290. The molecular formula is C24H19F4N3S. The fourth-order valence-electron chi connectivity index (χ4n) is 3.30. The molecule has 0 radical (unpaired) electrons. The second kappa shape index (κ2) is 8.35. The van der Waals surface area contributed by atoms with Gasteiger partial charge in [-0.15, -0.1) is 0 Å². The van der Waals surface area contributed by atoms with E-state index in [-0.39, 0.29) is 5.82 Å². The first-order valence-electron chi connectivity index (χ1n) is 9.78. The van der Waals surface area contributed by atoms with Crippen LogP contribution in [0.1, 0.15) is 30.0 Å². The number of nitrogens with zero attached hydrogens (tertiary/aromatic N) is 3. The quantitative estimate of drug-likeness (QED) is 0.296. The third kappa shape index (κ3) is 4.50. The van der Waals surface area contributed by atoms with E-state index in [9.17, 15) is 17.6 Å². The Morgan fingerprint density at radius 3 is 2.38 bits per heavy atom. The molecule has 0 amide bonds. The zero-order valence-corrected chi connectivity index (χ0v) is 18.4. The molecule has 0 N–H and O–H groups in total. The SMILES string of the molecule is CC(C)=Cc1sc(-n2cc(-c3cccc(F)c3)c(C)n2)nc1-c1ccc(C(F)(F)F)cc1. The highest BCUT2D eigenvalue weighted by atomic mass is 32.1. The minimum Gasteiger partial charge on any atom is -0.218 e. The van der Waals surface area contributed by atoms with Gasteiger partial charge < -0.3 is 0 Å². The molecule has 0 saturated heterocycles. The highest BCUT2D eigenvalue weighted by Gasteiger charge is 2.30. The van der Waals surface area contributed by atoms with E-state index >= 15 is 0 Å². The van der Waals surface area contributed by atoms with Crippen LogP contribution < -0.4 is 0 Å². The Morgan fingerprint density at radius 1 is 1.03 bits per heavy atom. The normalized spacial score (nSPS) is 11.6. The molecule has 0 saturated carbocycles. The highest BCUT2D eigenvalue weighted by molar-refractivity contribution is 7.15. The number of benzene rings is 2. The first-order valence-corrected chi connectivity index (χ1v) is 10.6. The number of rotatable bonds is 4. The maximum absolute atomic E-state index is 13.7. The van der Waals surface area contributed by atoms with Gasteiger partial charge in [0, 0.05) is 17.3 Å². The van der Waals surface area contributed by atoms with Crippen LogP contribution in [-0.2, 0) is 6.18 Å². The van der Waals surface area contributed by atoms with Crippen LogP contribution in [0.5, 0.6) is 0 Å². The molecule has 0 fully saturated rings. The number of hydrogen-bond donors (Lipinski definition) is 0. The van der Waals surface area contributed by atoms with Gasteiger partial charge in [0.25, 0.3) is 0 Å². The van der Waals surface area contributed by atoms with Crippen LogP contribution in [0, 0.1) is 12.7 Å². The molecule has 8 heteroatoms. The number of hydrogen-bond acceptors (Lipinski definition) is 3. The standard InChI is InChI=1S/C24H19F4N3S/c1-14(2)11-21-22(16-7-9-18(10-8-16)24(26,27)28)29-23(32-21)31-13-20(15(3)30-31)17-5-4-6-19(25)12-17/h4-13H,1-3H3. The summed E-state index contributed by atoms with van der Waals surface area (Å²) in [5.74, 6) is -0.334. The van der Waals surface area contributed by atoms with Crippen molar-refractivity contribution in [2.75, 3.05) is 0 Å². The molecular weight excluding hydrogens is 438 g/mol. The number of alkyl halides is 3. The van der Waals surface area contributed by atoms with Gasteiger partial charge in [-0.1, -0.05) is 41.2 Å². The largest absolute Gasteiger partial charge is 0.416 e. The average Bonchev–Trinajstić information content (AvgIpc) is 3.30. The van der Waals surface area contributed by atoms with Crippen LogP contribution in [-0.4, -0.2) is 14.8 Å². The van der Waals surface area contributed by atoms with Crippen LogP contribution in [0.3, 0.4) is 0 Å². The van der Waals surface area contributed by atoms with Crippen molar-refractivity contribution in [3.05, 3.63) is 82.3 Å². The molecule has 32 heavy (non-hydrogen) atoms. The minimum atomic E-state index is -4.39. The number of thiazole rings is 1. The third-order valence-corrected chi connectivity index (χ3v) is 5.77. The Hall–Kier alpha value is -3.26. The smallest absolute Gasteiger partial charge is 0.218 e. The predicted molar refractivity (Wildman–Crippen MR) is 119 cm³/mol. The van der Waals surface area contributed by atoms with Crippen molar-refractivity contribution in [3.8, 4) is 27.5 Å². The summed E-state index contributed by atoms with van der Waals surface area (Å²) in [5, 5.41) is 5.10. The molecule has 164 valence electrons. The zero-order valence-electron chi connectivity index (χ0n) is 17.5. The summed E-state index contributed by atoms with van der Waals surface area (Å²) < 4.78 is 54.1. The molecule has 3 nitrogen and oxygen atoms in total. The van der Waals surface area contributed by atoms with E-state index in [1.165, 1.54) is 35.6 Å². The van der Waals surface area contributed by atoms with Crippen LogP contribution in [0.25, 0.3) is 33.6 Å². The molecule has 0 aliphatic rings. The monoisotopic (exact) mass is 457 g/mol. The van der Waals surface area contributed by atoms with Crippen molar-refractivity contribution in [2.45, 2.75) is 26.9 Å². The maximum Gasteiger partial charge on any atom is 0.416 e. The van der Waals surface area contributed by atoms with Crippen molar-refractivity contribution in [1.82, 2.24) is 14.8 Å². The Balaban J connectivity index is 1.78. The van der Waals surface area contributed by atoms with Crippen molar-refractivity contribution in [1.29, 1.82) is 0 Å². The third-order valence-electron chi connectivity index (χ3n) is 4.78. The summed E-state index contributed by atoms with van der Waals surface area (Å²) in [5.41, 5.74) is 3.69. The number of aromatic nitrogens is 3. The fraction of sp³-hybridized carbons (Fsp3) is 0.167. The lowest BCUT2D eigenvalue weighted by Crippen LogP contribution is -2.04. The van der Waals surface area contributed by atoms with E-state index in [2.05, 4.69) is 10.1 Å². The Labute approximate surface area is 186 Å². The second-order valence-electron chi connectivity index (χ2n) is 7.59. The summed E-state index contributed by atoms with van der Waals surface area (Å²) in [6.07, 6.45) is -0.668.